The molecule has 0 bridgehead atoms. The van der Waals surface area contributed by atoms with Crippen molar-refractivity contribution in [2.75, 3.05) is 7.11 Å². The number of methoxy groups -OCH3 is 1. The molecule has 1 N–H and O–H groups in total. The van der Waals surface area contributed by atoms with E-state index in [1.54, 1.807) is 0 Å². The fraction of sp³-hybridized carbons (Fsp3) is 0.688. The quantitative estimate of drug-likeness (QED) is 0.483. The minimum Gasteiger partial charge on any atom is -0.466 e. The van der Waals surface area contributed by atoms with Gasteiger partial charge in [-0.2, -0.15) is 0 Å². The van der Waals surface area contributed by atoms with Crippen LogP contribution in [0.1, 0.15) is 46.5 Å². The van der Waals surface area contributed by atoms with Crippen molar-refractivity contribution in [2.45, 2.75) is 52.6 Å². The Bertz CT molecular complexity index is 379. The van der Waals surface area contributed by atoms with Gasteiger partial charge in [-0.3, -0.25) is 0 Å². The van der Waals surface area contributed by atoms with Crippen molar-refractivity contribution in [1.82, 2.24) is 0 Å². The van der Waals surface area contributed by atoms with Crippen LogP contribution >= 0.6 is 0 Å². The number of aliphatic hydroxyl groups is 1. The number of hydrogen-bond acceptors (Lipinski definition) is 3. The maximum absolute atomic E-state index is 11.2. The smallest absolute Gasteiger partial charge is 0.330 e. The number of aliphatic hydroxyl groups excluding tert-OH is 1. The highest BCUT2D eigenvalue weighted by Gasteiger charge is 2.40. The number of carbonyl (C=O) groups excluding carboxylic acids is 1. The molecule has 0 aromatic rings. The Balaban J connectivity index is 2.67. The summed E-state index contributed by atoms with van der Waals surface area (Å²) in [6, 6.07) is 0. The van der Waals surface area contributed by atoms with E-state index in [4.69, 9.17) is 0 Å². The molecule has 0 amide bonds. The summed E-state index contributed by atoms with van der Waals surface area (Å²) in [5.74, 6) is -0.00323. The van der Waals surface area contributed by atoms with E-state index in [9.17, 15) is 9.90 Å². The van der Waals surface area contributed by atoms with Crippen molar-refractivity contribution in [3.8, 4) is 0 Å². The number of ether oxygens (including phenoxy) is 1. The van der Waals surface area contributed by atoms with Gasteiger partial charge in [0.2, 0.25) is 0 Å². The first-order valence-electron chi connectivity index (χ1n) is 6.90. The molecule has 0 aromatic carbocycles. The molecular formula is C16H26O3. The zero-order chi connectivity index (χ0) is 14.6. The molecule has 0 aliphatic heterocycles. The van der Waals surface area contributed by atoms with Crippen LogP contribution in [0.25, 0.3) is 0 Å². The third kappa shape index (κ3) is 3.93. The van der Waals surface area contributed by atoms with E-state index in [1.165, 1.54) is 18.8 Å². The Hall–Kier alpha value is -1.09. The van der Waals surface area contributed by atoms with Crippen molar-refractivity contribution < 1.29 is 14.6 Å². The molecule has 2 atom stereocenters. The molecule has 1 fully saturated rings. The summed E-state index contributed by atoms with van der Waals surface area (Å²) in [4.78, 5) is 11.2. The second-order valence-electron chi connectivity index (χ2n) is 6.14. The van der Waals surface area contributed by atoms with Crippen LogP contribution in [0.15, 0.2) is 23.8 Å². The number of hydrogen-bond donors (Lipinski definition) is 1. The largest absolute Gasteiger partial charge is 0.466 e. The predicted molar refractivity (Wildman–Crippen MR) is 76.7 cm³/mol. The maximum Gasteiger partial charge on any atom is 0.330 e. The second kappa shape index (κ2) is 6.38. The molecule has 0 spiro atoms. The molecule has 1 saturated carbocycles. The van der Waals surface area contributed by atoms with Crippen molar-refractivity contribution in [3.05, 3.63) is 23.8 Å². The number of carbonyl (C=O) groups is 1. The Morgan fingerprint density at radius 2 is 2.21 bits per heavy atom. The van der Waals surface area contributed by atoms with Crippen molar-refractivity contribution >= 4 is 5.97 Å². The minimum atomic E-state index is -0.306. The summed E-state index contributed by atoms with van der Waals surface area (Å²) in [6.07, 6.45) is 4.72. The van der Waals surface area contributed by atoms with E-state index in [2.05, 4.69) is 25.2 Å². The topological polar surface area (TPSA) is 46.5 Å². The van der Waals surface area contributed by atoms with Gasteiger partial charge >= 0.3 is 5.97 Å². The van der Waals surface area contributed by atoms with Crippen molar-refractivity contribution in [2.24, 2.45) is 11.3 Å². The van der Waals surface area contributed by atoms with Gasteiger partial charge in [-0.05, 0) is 43.9 Å². The van der Waals surface area contributed by atoms with E-state index in [0.29, 0.717) is 5.92 Å². The molecule has 0 unspecified atom stereocenters. The van der Waals surface area contributed by atoms with Gasteiger partial charge in [0.15, 0.2) is 0 Å². The van der Waals surface area contributed by atoms with Gasteiger partial charge in [0, 0.05) is 6.08 Å². The summed E-state index contributed by atoms with van der Waals surface area (Å²) in [5.41, 5.74) is 2.10. The Labute approximate surface area is 116 Å². The molecule has 1 aliphatic carbocycles. The van der Waals surface area contributed by atoms with Gasteiger partial charge in [0.25, 0.3) is 0 Å². The molecule has 0 aromatic heterocycles. The normalized spacial score (nSPS) is 27.2. The van der Waals surface area contributed by atoms with Crippen molar-refractivity contribution in [1.29, 1.82) is 0 Å². The first-order chi connectivity index (χ1) is 8.78. The molecule has 19 heavy (non-hydrogen) atoms. The van der Waals surface area contributed by atoms with Crippen LogP contribution in [-0.2, 0) is 9.53 Å². The third-order valence-electron chi connectivity index (χ3n) is 4.38. The van der Waals surface area contributed by atoms with Gasteiger partial charge in [-0.1, -0.05) is 31.6 Å². The van der Waals surface area contributed by atoms with Crippen molar-refractivity contribution in [3.63, 3.8) is 0 Å². The lowest BCUT2D eigenvalue weighted by Crippen LogP contribution is -2.41. The molecule has 0 radical (unpaired) electrons. The molecule has 108 valence electrons. The molecule has 1 rings (SSSR count). The predicted octanol–water partition coefficient (Wildman–Crippen LogP) is 3.24. The second-order valence-corrected chi connectivity index (χ2v) is 6.14. The first kappa shape index (κ1) is 16.0. The molecule has 3 heteroatoms. The summed E-state index contributed by atoms with van der Waals surface area (Å²) in [7, 11) is 1.38. The fourth-order valence-electron chi connectivity index (χ4n) is 2.91. The fourth-order valence-corrected chi connectivity index (χ4v) is 2.91. The number of rotatable bonds is 4. The zero-order valence-electron chi connectivity index (χ0n) is 12.5. The van der Waals surface area contributed by atoms with E-state index >= 15 is 0 Å². The van der Waals surface area contributed by atoms with Crippen LogP contribution in [-0.4, -0.2) is 24.3 Å². The van der Waals surface area contributed by atoms with E-state index in [1.807, 2.05) is 6.92 Å². The van der Waals surface area contributed by atoms with Crippen LogP contribution in [0.2, 0.25) is 0 Å². The maximum atomic E-state index is 11.2. The zero-order valence-corrected chi connectivity index (χ0v) is 12.5. The highest BCUT2D eigenvalue weighted by Crippen LogP contribution is 2.45. The van der Waals surface area contributed by atoms with Gasteiger partial charge in [-0.15, -0.1) is 0 Å². The molecule has 1 aliphatic rings. The van der Waals surface area contributed by atoms with Crippen LogP contribution in [0.5, 0.6) is 0 Å². The third-order valence-corrected chi connectivity index (χ3v) is 4.38. The van der Waals surface area contributed by atoms with E-state index in [0.717, 1.165) is 31.3 Å². The van der Waals surface area contributed by atoms with Crippen LogP contribution in [0.4, 0.5) is 0 Å². The SMILES string of the molecule is C=C1CC[C@@H](O)C(C)(C)[C@@H]1CC/C(C)=C/C(=O)OC. The van der Waals surface area contributed by atoms with Crippen LogP contribution in [0.3, 0.4) is 0 Å². The molecule has 0 saturated heterocycles. The Morgan fingerprint density at radius 1 is 1.58 bits per heavy atom. The Kier molecular flexibility index (Phi) is 5.36. The van der Waals surface area contributed by atoms with Gasteiger partial charge < -0.3 is 9.84 Å². The number of allylic oxidation sites excluding steroid dienone is 2. The van der Waals surface area contributed by atoms with Gasteiger partial charge in [-0.25, -0.2) is 4.79 Å². The average molecular weight is 266 g/mol. The summed E-state index contributed by atoms with van der Waals surface area (Å²) in [5, 5.41) is 10.1. The summed E-state index contributed by atoms with van der Waals surface area (Å²) in [6.45, 7) is 10.3. The average Bonchev–Trinajstić information content (AvgIpc) is 2.33. The van der Waals surface area contributed by atoms with E-state index in [-0.39, 0.29) is 17.5 Å². The standard InChI is InChI=1S/C16H26O3/c1-11(10-15(18)19-5)6-8-13-12(2)7-9-14(17)16(13,3)4/h10,13-14,17H,2,6-9H2,1,3-5H3/b11-10+/t13-,14-/m1/s1. The highest BCUT2D eigenvalue weighted by molar-refractivity contribution is 5.82. The Morgan fingerprint density at radius 3 is 2.79 bits per heavy atom. The molecular weight excluding hydrogens is 240 g/mol. The molecule has 0 heterocycles. The summed E-state index contributed by atoms with van der Waals surface area (Å²) >= 11 is 0. The monoisotopic (exact) mass is 266 g/mol. The lowest BCUT2D eigenvalue weighted by atomic mass is 9.63. The van der Waals surface area contributed by atoms with Crippen LogP contribution in [0, 0.1) is 11.3 Å². The first-order valence-corrected chi connectivity index (χ1v) is 6.90. The lowest BCUT2D eigenvalue weighted by Gasteiger charge is -2.44. The number of esters is 1. The highest BCUT2D eigenvalue weighted by atomic mass is 16.5. The van der Waals surface area contributed by atoms with Gasteiger partial charge in [0.1, 0.15) is 0 Å². The summed E-state index contributed by atoms with van der Waals surface area (Å²) < 4.78 is 4.62. The van der Waals surface area contributed by atoms with Crippen LogP contribution < -0.4 is 0 Å². The molecule has 3 nitrogen and oxygen atoms in total. The van der Waals surface area contributed by atoms with E-state index < -0.39 is 0 Å². The van der Waals surface area contributed by atoms with Gasteiger partial charge in [0.05, 0.1) is 13.2 Å². The lowest BCUT2D eigenvalue weighted by molar-refractivity contribution is -0.134. The minimum absolute atomic E-state index is 0.138.